The van der Waals surface area contributed by atoms with Crippen LogP contribution in [0.1, 0.15) is 50.9 Å². The number of hydrogen-bond donors (Lipinski definition) is 1. The molecular weight excluding hydrogens is 284 g/mol. The van der Waals surface area contributed by atoms with Crippen molar-refractivity contribution in [2.75, 3.05) is 19.6 Å². The van der Waals surface area contributed by atoms with Crippen LogP contribution in [0.5, 0.6) is 0 Å². The number of aromatic nitrogens is 2. The van der Waals surface area contributed by atoms with Gasteiger partial charge in [-0.1, -0.05) is 31.4 Å². The van der Waals surface area contributed by atoms with Crippen molar-refractivity contribution >= 4 is 11.6 Å². The summed E-state index contributed by atoms with van der Waals surface area (Å²) in [6, 6.07) is 0. The zero-order valence-corrected chi connectivity index (χ0v) is 14.0. The van der Waals surface area contributed by atoms with Crippen molar-refractivity contribution in [2.45, 2.75) is 64.6 Å². The molecule has 1 aliphatic heterocycles. The molecule has 0 amide bonds. The molecule has 2 heterocycles. The summed E-state index contributed by atoms with van der Waals surface area (Å²) in [6.45, 7) is 9.45. The minimum atomic E-state index is 0.358. The first-order valence-corrected chi connectivity index (χ1v) is 8.78. The van der Waals surface area contributed by atoms with Crippen molar-refractivity contribution in [1.29, 1.82) is 0 Å². The standard InChI is InChI=1S/C16H27ClN4/c1-3-13-15(17)14(21(4-2)19-13)11-20-10-9-18-12-16(20)7-5-6-8-16/h18H,3-12H2,1-2H3. The molecular formula is C16H27ClN4. The lowest BCUT2D eigenvalue weighted by atomic mass is 9.92. The lowest BCUT2D eigenvalue weighted by molar-refractivity contribution is 0.0548. The van der Waals surface area contributed by atoms with Crippen LogP contribution in [-0.4, -0.2) is 39.9 Å². The third-order valence-electron chi connectivity index (χ3n) is 5.25. The number of piperazine rings is 1. The van der Waals surface area contributed by atoms with E-state index in [1.807, 2.05) is 0 Å². The Bertz CT molecular complexity index is 491. The van der Waals surface area contributed by atoms with Gasteiger partial charge in [-0.3, -0.25) is 9.58 Å². The summed E-state index contributed by atoms with van der Waals surface area (Å²) in [5.74, 6) is 0. The van der Waals surface area contributed by atoms with E-state index < -0.39 is 0 Å². The van der Waals surface area contributed by atoms with E-state index in [9.17, 15) is 0 Å². The lowest BCUT2D eigenvalue weighted by Crippen LogP contribution is -2.59. The number of nitrogens with one attached hydrogen (secondary N) is 1. The minimum Gasteiger partial charge on any atom is -0.314 e. The summed E-state index contributed by atoms with van der Waals surface area (Å²) < 4.78 is 2.10. The van der Waals surface area contributed by atoms with Crippen molar-refractivity contribution in [3.8, 4) is 0 Å². The van der Waals surface area contributed by atoms with E-state index in [-0.39, 0.29) is 0 Å². The monoisotopic (exact) mass is 310 g/mol. The molecule has 2 fully saturated rings. The number of aryl methyl sites for hydroxylation is 2. The van der Waals surface area contributed by atoms with Gasteiger partial charge in [-0.05, 0) is 26.2 Å². The van der Waals surface area contributed by atoms with E-state index in [0.717, 1.165) is 49.9 Å². The van der Waals surface area contributed by atoms with Crippen LogP contribution < -0.4 is 5.32 Å². The zero-order valence-electron chi connectivity index (χ0n) is 13.3. The Morgan fingerprint density at radius 1 is 1.29 bits per heavy atom. The lowest BCUT2D eigenvalue weighted by Gasteiger charge is -2.45. The van der Waals surface area contributed by atoms with Gasteiger partial charge in [0, 0.05) is 38.3 Å². The SMILES string of the molecule is CCc1nn(CC)c(CN2CCNCC23CCCC3)c1Cl. The molecule has 1 N–H and O–H groups in total. The second-order valence-corrected chi connectivity index (χ2v) is 6.78. The van der Waals surface area contributed by atoms with E-state index in [2.05, 4.69) is 33.8 Å². The Labute approximate surface area is 132 Å². The maximum atomic E-state index is 6.60. The van der Waals surface area contributed by atoms with Gasteiger partial charge in [0.15, 0.2) is 0 Å². The number of halogens is 1. The minimum absolute atomic E-state index is 0.358. The highest BCUT2D eigenvalue weighted by molar-refractivity contribution is 6.31. The van der Waals surface area contributed by atoms with Crippen LogP contribution in [0.3, 0.4) is 0 Å². The highest BCUT2D eigenvalue weighted by Crippen LogP contribution is 2.37. The predicted molar refractivity (Wildman–Crippen MR) is 86.8 cm³/mol. The van der Waals surface area contributed by atoms with Crippen LogP contribution in [0.2, 0.25) is 5.02 Å². The van der Waals surface area contributed by atoms with E-state index in [1.165, 1.54) is 31.4 Å². The van der Waals surface area contributed by atoms with E-state index >= 15 is 0 Å². The number of nitrogens with zero attached hydrogens (tertiary/aromatic N) is 3. The Hall–Kier alpha value is -0.580. The van der Waals surface area contributed by atoms with Gasteiger partial charge in [0.2, 0.25) is 0 Å². The predicted octanol–water partition coefficient (Wildman–Crippen LogP) is 2.84. The summed E-state index contributed by atoms with van der Waals surface area (Å²) in [4.78, 5) is 2.67. The molecule has 0 atom stereocenters. The highest BCUT2D eigenvalue weighted by Gasteiger charge is 2.41. The average Bonchev–Trinajstić information content (AvgIpc) is 3.08. The Balaban J connectivity index is 1.86. The number of hydrogen-bond acceptors (Lipinski definition) is 3. The Morgan fingerprint density at radius 3 is 2.71 bits per heavy atom. The van der Waals surface area contributed by atoms with Gasteiger partial charge in [-0.25, -0.2) is 0 Å². The van der Waals surface area contributed by atoms with Crippen molar-refractivity contribution in [2.24, 2.45) is 0 Å². The normalized spacial score (nSPS) is 22.2. The third-order valence-corrected chi connectivity index (χ3v) is 5.69. The molecule has 21 heavy (non-hydrogen) atoms. The van der Waals surface area contributed by atoms with Crippen LogP contribution in [0, 0.1) is 0 Å². The van der Waals surface area contributed by atoms with Crippen LogP contribution in [-0.2, 0) is 19.5 Å². The summed E-state index contributed by atoms with van der Waals surface area (Å²) in [7, 11) is 0. The molecule has 1 saturated carbocycles. The first-order valence-electron chi connectivity index (χ1n) is 8.40. The van der Waals surface area contributed by atoms with Crippen molar-refractivity contribution in [1.82, 2.24) is 20.0 Å². The first-order chi connectivity index (χ1) is 10.2. The quantitative estimate of drug-likeness (QED) is 0.928. The van der Waals surface area contributed by atoms with Gasteiger partial charge in [0.25, 0.3) is 0 Å². The molecule has 2 aliphatic rings. The van der Waals surface area contributed by atoms with Crippen molar-refractivity contribution < 1.29 is 0 Å². The molecule has 3 rings (SSSR count). The molecule has 0 bridgehead atoms. The summed E-state index contributed by atoms with van der Waals surface area (Å²) >= 11 is 6.60. The fraction of sp³-hybridized carbons (Fsp3) is 0.812. The second-order valence-electron chi connectivity index (χ2n) is 6.41. The van der Waals surface area contributed by atoms with E-state index in [4.69, 9.17) is 11.6 Å². The summed E-state index contributed by atoms with van der Waals surface area (Å²) in [5.41, 5.74) is 2.62. The summed E-state index contributed by atoms with van der Waals surface area (Å²) in [6.07, 6.45) is 6.26. The zero-order chi connectivity index (χ0) is 14.9. The van der Waals surface area contributed by atoms with Gasteiger partial charge in [-0.15, -0.1) is 0 Å². The molecule has 5 heteroatoms. The smallest absolute Gasteiger partial charge is 0.0863 e. The van der Waals surface area contributed by atoms with Gasteiger partial charge < -0.3 is 5.32 Å². The molecule has 1 saturated heterocycles. The fourth-order valence-corrected chi connectivity index (χ4v) is 4.33. The van der Waals surface area contributed by atoms with E-state index in [0.29, 0.717) is 5.54 Å². The largest absolute Gasteiger partial charge is 0.314 e. The van der Waals surface area contributed by atoms with E-state index in [1.54, 1.807) is 0 Å². The molecule has 0 aromatic carbocycles. The topological polar surface area (TPSA) is 33.1 Å². The molecule has 1 aromatic rings. The molecule has 118 valence electrons. The van der Waals surface area contributed by atoms with Crippen LogP contribution in [0.4, 0.5) is 0 Å². The van der Waals surface area contributed by atoms with Crippen LogP contribution in [0.15, 0.2) is 0 Å². The Kier molecular flexibility index (Phi) is 4.57. The fourth-order valence-electron chi connectivity index (χ4n) is 4.01. The molecule has 4 nitrogen and oxygen atoms in total. The number of rotatable bonds is 4. The van der Waals surface area contributed by atoms with Crippen molar-refractivity contribution in [3.05, 3.63) is 16.4 Å². The first kappa shape index (κ1) is 15.3. The third kappa shape index (κ3) is 2.73. The van der Waals surface area contributed by atoms with Crippen LogP contribution in [0.25, 0.3) is 0 Å². The maximum absolute atomic E-state index is 6.60. The van der Waals surface area contributed by atoms with Gasteiger partial charge in [0.1, 0.15) is 0 Å². The van der Waals surface area contributed by atoms with Gasteiger partial charge in [-0.2, -0.15) is 5.10 Å². The van der Waals surface area contributed by atoms with Crippen LogP contribution >= 0.6 is 11.6 Å². The second kappa shape index (κ2) is 6.27. The molecule has 1 aliphatic carbocycles. The molecule has 1 aromatic heterocycles. The molecule has 1 spiro atoms. The van der Waals surface area contributed by atoms with Gasteiger partial charge >= 0.3 is 0 Å². The molecule has 0 unspecified atom stereocenters. The maximum Gasteiger partial charge on any atom is 0.0863 e. The molecule has 0 radical (unpaired) electrons. The Morgan fingerprint density at radius 2 is 2.05 bits per heavy atom. The van der Waals surface area contributed by atoms with Gasteiger partial charge in [0.05, 0.1) is 16.4 Å². The highest BCUT2D eigenvalue weighted by atomic mass is 35.5. The van der Waals surface area contributed by atoms with Crippen molar-refractivity contribution in [3.63, 3.8) is 0 Å². The summed E-state index contributed by atoms with van der Waals surface area (Å²) in [5, 5.41) is 9.16. The average molecular weight is 311 g/mol.